The van der Waals surface area contributed by atoms with Crippen LogP contribution < -0.4 is 0 Å². The van der Waals surface area contributed by atoms with E-state index in [0.717, 1.165) is 0 Å². The van der Waals surface area contributed by atoms with E-state index in [1.54, 1.807) is 12.1 Å². The van der Waals surface area contributed by atoms with Gasteiger partial charge in [0.25, 0.3) is 0 Å². The van der Waals surface area contributed by atoms with Gasteiger partial charge in [0.2, 0.25) is 0 Å². The van der Waals surface area contributed by atoms with Crippen LogP contribution in [0, 0.1) is 5.82 Å². The topological polar surface area (TPSA) is 43.4 Å². The fourth-order valence-electron chi connectivity index (χ4n) is 3.38. The lowest BCUT2D eigenvalue weighted by Crippen LogP contribution is -2.13. The smallest absolute Gasteiger partial charge is 0.331 e. The van der Waals surface area contributed by atoms with Crippen LogP contribution in [0.25, 0.3) is 6.08 Å². The van der Waals surface area contributed by atoms with Crippen molar-refractivity contribution in [2.45, 2.75) is 38.0 Å². The molecule has 0 N–H and O–H groups in total. The van der Waals surface area contributed by atoms with Gasteiger partial charge in [-0.3, -0.25) is 4.79 Å². The van der Waals surface area contributed by atoms with Gasteiger partial charge in [-0.15, -0.1) is 0 Å². The normalized spacial score (nSPS) is 15.0. The monoisotopic (exact) mass is 366 g/mol. The molecule has 1 saturated carbocycles. The first-order chi connectivity index (χ1) is 13.1. The predicted molar refractivity (Wildman–Crippen MR) is 103 cm³/mol. The van der Waals surface area contributed by atoms with Gasteiger partial charge in [-0.1, -0.05) is 55.7 Å². The van der Waals surface area contributed by atoms with E-state index in [1.807, 2.05) is 24.3 Å². The Hall–Kier alpha value is -2.75. The second-order valence-corrected chi connectivity index (χ2v) is 6.87. The zero-order valence-corrected chi connectivity index (χ0v) is 15.2. The minimum Gasteiger partial charge on any atom is -0.454 e. The van der Waals surface area contributed by atoms with Crippen molar-refractivity contribution in [1.29, 1.82) is 0 Å². The highest BCUT2D eigenvalue weighted by molar-refractivity contribution is 5.98. The molecule has 0 saturated heterocycles. The van der Waals surface area contributed by atoms with Gasteiger partial charge in [0.05, 0.1) is 0 Å². The highest BCUT2D eigenvalue weighted by Gasteiger charge is 2.16. The molecule has 0 spiro atoms. The molecule has 0 unspecified atom stereocenters. The van der Waals surface area contributed by atoms with Gasteiger partial charge in [0.15, 0.2) is 12.4 Å². The number of Topliss-reactive ketones (excluding diaryl/α,β-unsaturated/α-hetero) is 1. The summed E-state index contributed by atoms with van der Waals surface area (Å²) >= 11 is 0. The summed E-state index contributed by atoms with van der Waals surface area (Å²) in [7, 11) is 0. The number of benzene rings is 2. The number of hydrogen-bond donors (Lipinski definition) is 0. The Labute approximate surface area is 158 Å². The summed E-state index contributed by atoms with van der Waals surface area (Å²) in [5.74, 6) is -0.576. The van der Waals surface area contributed by atoms with Crippen LogP contribution in [0.4, 0.5) is 4.39 Å². The van der Waals surface area contributed by atoms with E-state index in [4.69, 9.17) is 4.74 Å². The summed E-state index contributed by atoms with van der Waals surface area (Å²) in [6.07, 6.45) is 9.03. The Morgan fingerprint density at radius 1 is 0.963 bits per heavy atom. The predicted octanol–water partition coefficient (Wildman–Crippen LogP) is 5.31. The van der Waals surface area contributed by atoms with E-state index in [9.17, 15) is 14.0 Å². The fourth-order valence-corrected chi connectivity index (χ4v) is 3.38. The number of halogens is 1. The first-order valence-electron chi connectivity index (χ1n) is 9.35. The third-order valence-electron chi connectivity index (χ3n) is 4.94. The summed E-state index contributed by atoms with van der Waals surface area (Å²) in [6, 6.07) is 13.4. The van der Waals surface area contributed by atoms with Crippen molar-refractivity contribution in [2.75, 3.05) is 6.61 Å². The second kappa shape index (κ2) is 9.26. The number of hydrogen-bond acceptors (Lipinski definition) is 3. The van der Waals surface area contributed by atoms with E-state index in [-0.39, 0.29) is 18.2 Å². The van der Waals surface area contributed by atoms with Crippen molar-refractivity contribution < 1.29 is 18.7 Å². The van der Waals surface area contributed by atoms with Crippen LogP contribution in [-0.2, 0) is 9.53 Å². The van der Waals surface area contributed by atoms with Gasteiger partial charge in [-0.25, -0.2) is 9.18 Å². The Kier molecular flexibility index (Phi) is 6.53. The van der Waals surface area contributed by atoms with Gasteiger partial charge >= 0.3 is 5.97 Å². The first-order valence-corrected chi connectivity index (χ1v) is 9.35. The highest BCUT2D eigenvalue weighted by Crippen LogP contribution is 2.32. The van der Waals surface area contributed by atoms with Gasteiger partial charge in [-0.2, -0.15) is 0 Å². The minimum atomic E-state index is -0.605. The van der Waals surface area contributed by atoms with Crippen LogP contribution in [-0.4, -0.2) is 18.4 Å². The summed E-state index contributed by atoms with van der Waals surface area (Å²) in [5, 5.41) is 0. The Morgan fingerprint density at radius 3 is 2.30 bits per heavy atom. The average Bonchev–Trinajstić information content (AvgIpc) is 2.72. The van der Waals surface area contributed by atoms with Gasteiger partial charge in [0, 0.05) is 11.6 Å². The first kappa shape index (κ1) is 19.0. The number of ether oxygens (including phenoxy) is 1. The van der Waals surface area contributed by atoms with Gasteiger partial charge < -0.3 is 4.74 Å². The largest absolute Gasteiger partial charge is 0.454 e. The third kappa shape index (κ3) is 5.61. The van der Waals surface area contributed by atoms with Crippen LogP contribution in [0.2, 0.25) is 0 Å². The van der Waals surface area contributed by atoms with E-state index in [1.165, 1.54) is 62.0 Å². The van der Waals surface area contributed by atoms with Crippen LogP contribution in [0.5, 0.6) is 0 Å². The number of rotatable bonds is 6. The van der Waals surface area contributed by atoms with Gasteiger partial charge in [0.1, 0.15) is 5.82 Å². The molecule has 1 aliphatic rings. The molecule has 0 bridgehead atoms. The molecule has 0 aromatic heterocycles. The van der Waals surface area contributed by atoms with E-state index < -0.39 is 5.97 Å². The van der Waals surface area contributed by atoms with Crippen molar-refractivity contribution >= 4 is 17.8 Å². The lowest BCUT2D eigenvalue weighted by atomic mass is 9.84. The van der Waals surface area contributed by atoms with E-state index >= 15 is 0 Å². The number of carbonyl (C=O) groups excluding carboxylic acids is 2. The van der Waals surface area contributed by atoms with E-state index in [2.05, 4.69) is 0 Å². The summed E-state index contributed by atoms with van der Waals surface area (Å²) in [4.78, 5) is 23.9. The maximum absolute atomic E-state index is 12.8. The molecule has 3 rings (SSSR count). The fraction of sp³-hybridized carbons (Fsp3) is 0.304. The van der Waals surface area contributed by atoms with Crippen molar-refractivity contribution in [3.8, 4) is 0 Å². The molecule has 0 radical (unpaired) electrons. The zero-order valence-electron chi connectivity index (χ0n) is 15.2. The van der Waals surface area contributed by atoms with Crippen molar-refractivity contribution in [1.82, 2.24) is 0 Å². The molecule has 0 heterocycles. The van der Waals surface area contributed by atoms with Crippen LogP contribution in [0.1, 0.15) is 59.5 Å². The molecule has 0 atom stereocenters. The molecule has 0 aliphatic heterocycles. The Bertz CT molecular complexity index is 801. The van der Waals surface area contributed by atoms with Crippen LogP contribution in [0.15, 0.2) is 54.6 Å². The molecule has 3 nitrogen and oxygen atoms in total. The van der Waals surface area contributed by atoms with Crippen molar-refractivity contribution in [2.24, 2.45) is 0 Å². The molecule has 2 aromatic carbocycles. The zero-order chi connectivity index (χ0) is 19.1. The molecule has 1 fully saturated rings. The molecule has 4 heteroatoms. The molecular formula is C23H23FO3. The third-order valence-corrected chi connectivity index (χ3v) is 4.94. The minimum absolute atomic E-state index is 0.228. The maximum Gasteiger partial charge on any atom is 0.331 e. The quantitative estimate of drug-likeness (QED) is 0.395. The van der Waals surface area contributed by atoms with Gasteiger partial charge in [-0.05, 0) is 48.1 Å². The second-order valence-electron chi connectivity index (χ2n) is 6.87. The lowest BCUT2D eigenvalue weighted by molar-refractivity contribution is -0.136. The number of carbonyl (C=O) groups is 2. The summed E-state index contributed by atoms with van der Waals surface area (Å²) in [5.41, 5.74) is 2.51. The molecular weight excluding hydrogens is 343 g/mol. The highest BCUT2D eigenvalue weighted by atomic mass is 19.1. The molecule has 0 amide bonds. The Morgan fingerprint density at radius 2 is 1.63 bits per heavy atom. The van der Waals surface area contributed by atoms with Crippen LogP contribution in [0.3, 0.4) is 0 Å². The molecule has 27 heavy (non-hydrogen) atoms. The van der Waals surface area contributed by atoms with Crippen molar-refractivity contribution in [3.05, 3.63) is 77.1 Å². The average molecular weight is 366 g/mol. The Balaban J connectivity index is 1.49. The summed E-state index contributed by atoms with van der Waals surface area (Å²) in [6.45, 7) is -0.296. The number of ketones is 1. The molecule has 2 aromatic rings. The molecule has 1 aliphatic carbocycles. The maximum atomic E-state index is 12.8. The van der Waals surface area contributed by atoms with Crippen LogP contribution >= 0.6 is 0 Å². The van der Waals surface area contributed by atoms with E-state index in [0.29, 0.717) is 17.0 Å². The van der Waals surface area contributed by atoms with Crippen molar-refractivity contribution in [3.63, 3.8) is 0 Å². The summed E-state index contributed by atoms with van der Waals surface area (Å²) < 4.78 is 17.8. The SMILES string of the molecule is O=C(C=Cc1ccc(F)cc1)OCC(=O)c1ccc(C2CCCCC2)cc1. The molecule has 140 valence electrons. The number of esters is 1. The lowest BCUT2D eigenvalue weighted by Gasteiger charge is -2.22. The standard InChI is InChI=1S/C23H23FO3/c24-21-13-6-17(7-14-21)8-15-23(26)27-16-22(25)20-11-9-19(10-12-20)18-4-2-1-3-5-18/h6-15,18H,1-5,16H2.